The van der Waals surface area contributed by atoms with Crippen LogP contribution in [0.3, 0.4) is 0 Å². The molecule has 0 unspecified atom stereocenters. The van der Waals surface area contributed by atoms with Crippen LogP contribution in [-0.2, 0) is 0 Å². The zero-order valence-corrected chi connectivity index (χ0v) is 9.60. The average molecular weight is 240 g/mol. The van der Waals surface area contributed by atoms with Crippen molar-refractivity contribution in [3.8, 4) is 0 Å². The summed E-state index contributed by atoms with van der Waals surface area (Å²) in [5, 5.41) is 0. The first-order valence-electron chi connectivity index (χ1n) is 5.10. The van der Waals surface area contributed by atoms with Gasteiger partial charge < -0.3 is 10.6 Å². The molecule has 2 rings (SSSR count). The Morgan fingerprint density at radius 3 is 2.69 bits per heavy atom. The van der Waals surface area contributed by atoms with Gasteiger partial charge in [-0.1, -0.05) is 0 Å². The van der Waals surface area contributed by atoms with E-state index in [1.165, 1.54) is 18.2 Å². The lowest BCUT2D eigenvalue weighted by molar-refractivity contribution is 0.0773. The summed E-state index contributed by atoms with van der Waals surface area (Å²) in [7, 11) is 0. The van der Waals surface area contributed by atoms with E-state index in [1.807, 2.05) is 11.8 Å². The Morgan fingerprint density at radius 1 is 1.38 bits per heavy atom. The monoisotopic (exact) mass is 240 g/mol. The number of carbonyl (C=O) groups excluding carboxylic acids is 1. The topological polar surface area (TPSA) is 46.3 Å². The van der Waals surface area contributed by atoms with Gasteiger partial charge in [0.15, 0.2) is 0 Å². The summed E-state index contributed by atoms with van der Waals surface area (Å²) in [5.41, 5.74) is 6.24. The summed E-state index contributed by atoms with van der Waals surface area (Å²) in [5.74, 6) is 1.39. The van der Waals surface area contributed by atoms with Crippen molar-refractivity contribution in [2.24, 2.45) is 0 Å². The van der Waals surface area contributed by atoms with Crippen molar-refractivity contribution in [2.75, 3.05) is 30.3 Å². The Balaban J connectivity index is 2.19. The summed E-state index contributed by atoms with van der Waals surface area (Å²) in [6, 6.07) is 3.91. The summed E-state index contributed by atoms with van der Waals surface area (Å²) in [6.07, 6.45) is 0. The molecule has 1 fully saturated rings. The van der Waals surface area contributed by atoms with Crippen LogP contribution < -0.4 is 5.73 Å². The van der Waals surface area contributed by atoms with Crippen LogP contribution in [0, 0.1) is 5.82 Å². The highest BCUT2D eigenvalue weighted by Gasteiger charge is 2.20. The van der Waals surface area contributed by atoms with Crippen LogP contribution in [0.5, 0.6) is 0 Å². The normalized spacial score (nSPS) is 16.2. The number of nitrogen functional groups attached to an aromatic ring is 1. The molecule has 0 aromatic heterocycles. The molecule has 5 heteroatoms. The van der Waals surface area contributed by atoms with E-state index in [2.05, 4.69) is 0 Å². The highest BCUT2D eigenvalue weighted by Crippen LogP contribution is 2.18. The SMILES string of the molecule is Nc1cc(F)ccc1C(=O)N1CCSCC1. The van der Waals surface area contributed by atoms with Gasteiger partial charge in [-0.05, 0) is 18.2 Å². The van der Waals surface area contributed by atoms with Gasteiger partial charge >= 0.3 is 0 Å². The van der Waals surface area contributed by atoms with E-state index in [4.69, 9.17) is 5.73 Å². The Bertz CT molecular complexity index is 405. The highest BCUT2D eigenvalue weighted by molar-refractivity contribution is 7.99. The maximum absolute atomic E-state index is 12.8. The van der Waals surface area contributed by atoms with Crippen molar-refractivity contribution in [1.29, 1.82) is 0 Å². The largest absolute Gasteiger partial charge is 0.398 e. The number of anilines is 1. The summed E-state index contributed by atoms with van der Waals surface area (Å²) < 4.78 is 12.8. The van der Waals surface area contributed by atoms with Crippen molar-refractivity contribution in [2.45, 2.75) is 0 Å². The highest BCUT2D eigenvalue weighted by atomic mass is 32.2. The van der Waals surface area contributed by atoms with E-state index in [-0.39, 0.29) is 11.6 Å². The molecule has 0 radical (unpaired) electrons. The molecule has 1 aliphatic heterocycles. The molecule has 1 aliphatic rings. The van der Waals surface area contributed by atoms with Crippen LogP contribution in [0.2, 0.25) is 0 Å². The van der Waals surface area contributed by atoms with Gasteiger partial charge in [0.25, 0.3) is 5.91 Å². The fraction of sp³-hybridized carbons (Fsp3) is 0.364. The molecule has 2 N–H and O–H groups in total. The Hall–Kier alpha value is -1.23. The van der Waals surface area contributed by atoms with Crippen LogP contribution in [0.1, 0.15) is 10.4 Å². The number of carbonyl (C=O) groups is 1. The lowest BCUT2D eigenvalue weighted by Gasteiger charge is -2.26. The van der Waals surface area contributed by atoms with Crippen LogP contribution in [0.15, 0.2) is 18.2 Å². The molecule has 3 nitrogen and oxygen atoms in total. The summed E-state index contributed by atoms with van der Waals surface area (Å²) in [4.78, 5) is 13.8. The van der Waals surface area contributed by atoms with E-state index in [0.717, 1.165) is 24.6 Å². The molecule has 16 heavy (non-hydrogen) atoms. The zero-order chi connectivity index (χ0) is 11.5. The second-order valence-corrected chi connectivity index (χ2v) is 4.86. The smallest absolute Gasteiger partial charge is 0.256 e. The fourth-order valence-electron chi connectivity index (χ4n) is 1.67. The third-order valence-electron chi connectivity index (χ3n) is 2.54. The Labute approximate surface area is 97.8 Å². The van der Waals surface area contributed by atoms with Gasteiger partial charge in [0.05, 0.1) is 5.56 Å². The first-order chi connectivity index (χ1) is 7.68. The van der Waals surface area contributed by atoms with Crippen molar-refractivity contribution in [3.05, 3.63) is 29.6 Å². The van der Waals surface area contributed by atoms with Gasteiger partial charge in [0.1, 0.15) is 5.82 Å². The van der Waals surface area contributed by atoms with E-state index in [0.29, 0.717) is 5.56 Å². The molecule has 1 aromatic rings. The van der Waals surface area contributed by atoms with Gasteiger partial charge in [-0.2, -0.15) is 11.8 Å². The molecule has 0 atom stereocenters. The quantitative estimate of drug-likeness (QED) is 0.758. The number of benzene rings is 1. The van der Waals surface area contributed by atoms with E-state index < -0.39 is 5.82 Å². The zero-order valence-electron chi connectivity index (χ0n) is 8.78. The van der Waals surface area contributed by atoms with Crippen molar-refractivity contribution in [3.63, 3.8) is 0 Å². The molecule has 0 aliphatic carbocycles. The molecule has 86 valence electrons. The third-order valence-corrected chi connectivity index (χ3v) is 3.48. The van der Waals surface area contributed by atoms with Crippen LogP contribution in [-0.4, -0.2) is 35.4 Å². The molecule has 0 spiro atoms. The number of nitrogens with zero attached hydrogens (tertiary/aromatic N) is 1. The lowest BCUT2D eigenvalue weighted by atomic mass is 10.1. The predicted octanol–water partition coefficient (Wildman–Crippen LogP) is 1.60. The van der Waals surface area contributed by atoms with Crippen molar-refractivity contribution < 1.29 is 9.18 Å². The first kappa shape index (κ1) is 11.3. The van der Waals surface area contributed by atoms with Crippen LogP contribution in [0.4, 0.5) is 10.1 Å². The van der Waals surface area contributed by atoms with Gasteiger partial charge in [-0.15, -0.1) is 0 Å². The van der Waals surface area contributed by atoms with Gasteiger partial charge in [0, 0.05) is 30.3 Å². The number of halogens is 1. The Morgan fingerprint density at radius 2 is 2.06 bits per heavy atom. The molecule has 1 amide bonds. The van der Waals surface area contributed by atoms with Gasteiger partial charge in [0.2, 0.25) is 0 Å². The van der Waals surface area contributed by atoms with Crippen LogP contribution in [0.25, 0.3) is 0 Å². The van der Waals surface area contributed by atoms with Crippen molar-refractivity contribution in [1.82, 2.24) is 4.90 Å². The second kappa shape index (κ2) is 4.74. The van der Waals surface area contributed by atoms with Crippen molar-refractivity contribution >= 4 is 23.4 Å². The molecule has 1 heterocycles. The second-order valence-electron chi connectivity index (χ2n) is 3.64. The Kier molecular flexibility index (Phi) is 3.33. The minimum atomic E-state index is -0.414. The van der Waals surface area contributed by atoms with Crippen LogP contribution >= 0.6 is 11.8 Å². The maximum Gasteiger partial charge on any atom is 0.256 e. The average Bonchev–Trinajstić information content (AvgIpc) is 2.29. The molecule has 1 aromatic carbocycles. The number of amides is 1. The predicted molar refractivity (Wildman–Crippen MR) is 64.0 cm³/mol. The number of hydrogen-bond acceptors (Lipinski definition) is 3. The van der Waals surface area contributed by atoms with Gasteiger partial charge in [-0.3, -0.25) is 4.79 Å². The number of rotatable bonds is 1. The lowest BCUT2D eigenvalue weighted by Crippen LogP contribution is -2.38. The molecular weight excluding hydrogens is 227 g/mol. The first-order valence-corrected chi connectivity index (χ1v) is 6.26. The van der Waals surface area contributed by atoms with E-state index in [9.17, 15) is 9.18 Å². The van der Waals surface area contributed by atoms with E-state index in [1.54, 1.807) is 4.90 Å². The number of nitrogens with two attached hydrogens (primary N) is 1. The molecular formula is C11H13FN2OS. The third kappa shape index (κ3) is 2.29. The molecule has 1 saturated heterocycles. The number of thioether (sulfide) groups is 1. The molecule has 0 saturated carbocycles. The minimum Gasteiger partial charge on any atom is -0.398 e. The van der Waals surface area contributed by atoms with Gasteiger partial charge in [-0.25, -0.2) is 4.39 Å². The molecule has 0 bridgehead atoms. The maximum atomic E-state index is 12.8. The summed E-state index contributed by atoms with van der Waals surface area (Å²) >= 11 is 1.83. The standard InChI is InChI=1S/C11H13FN2OS/c12-8-1-2-9(10(13)7-8)11(15)14-3-5-16-6-4-14/h1-2,7H,3-6,13H2. The minimum absolute atomic E-state index is 0.0993. The number of hydrogen-bond donors (Lipinski definition) is 1. The summed E-state index contributed by atoms with van der Waals surface area (Å²) in [6.45, 7) is 1.47. The van der Waals surface area contributed by atoms with E-state index >= 15 is 0 Å². The fourth-order valence-corrected chi connectivity index (χ4v) is 2.57.